The zero-order chi connectivity index (χ0) is 17.4. The lowest BCUT2D eigenvalue weighted by molar-refractivity contribution is -0.112. The van der Waals surface area contributed by atoms with E-state index in [0.717, 1.165) is 5.75 Å². The predicted molar refractivity (Wildman–Crippen MR) is 96.2 cm³/mol. The van der Waals surface area contributed by atoms with Gasteiger partial charge in [0.15, 0.2) is 0 Å². The first kappa shape index (κ1) is 17.3. The van der Waals surface area contributed by atoms with Crippen molar-refractivity contribution >= 4 is 23.5 Å². The van der Waals surface area contributed by atoms with Crippen molar-refractivity contribution in [3.63, 3.8) is 0 Å². The van der Waals surface area contributed by atoms with Crippen LogP contribution in [0.1, 0.15) is 13.8 Å². The van der Waals surface area contributed by atoms with Crippen LogP contribution in [0.15, 0.2) is 70.9 Å². The highest BCUT2D eigenvalue weighted by molar-refractivity contribution is 6.18. The van der Waals surface area contributed by atoms with Gasteiger partial charge in [0.2, 0.25) is 0 Å². The molecule has 0 fully saturated rings. The summed E-state index contributed by atoms with van der Waals surface area (Å²) in [6.07, 6.45) is 1.36. The molecule has 0 aliphatic carbocycles. The van der Waals surface area contributed by atoms with Crippen molar-refractivity contribution in [2.75, 3.05) is 11.9 Å². The van der Waals surface area contributed by atoms with Crippen LogP contribution < -0.4 is 10.1 Å². The van der Waals surface area contributed by atoms with Gasteiger partial charge in [-0.3, -0.25) is 9.79 Å². The smallest absolute Gasteiger partial charge is 0.260 e. The van der Waals surface area contributed by atoms with Crippen LogP contribution in [0.3, 0.4) is 0 Å². The van der Waals surface area contributed by atoms with Crippen molar-refractivity contribution in [2.45, 2.75) is 13.8 Å². The molecular weight excluding hydrogens is 304 g/mol. The quantitative estimate of drug-likeness (QED) is 0.474. The SMILES string of the molecule is CCOc1ccc(NC(=O)/C(C=Nc2ccccc2)=C(\C)O)cc1. The molecule has 0 bridgehead atoms. The number of aliphatic hydroxyl groups excluding tert-OH is 1. The average Bonchev–Trinajstić information content (AvgIpc) is 2.58. The third-order valence-electron chi connectivity index (χ3n) is 3.16. The third kappa shape index (κ3) is 4.98. The number of carbonyl (C=O) groups is 1. The van der Waals surface area contributed by atoms with Crippen molar-refractivity contribution in [3.05, 3.63) is 65.9 Å². The van der Waals surface area contributed by atoms with E-state index in [9.17, 15) is 9.90 Å². The van der Waals surface area contributed by atoms with E-state index in [1.165, 1.54) is 13.1 Å². The Morgan fingerprint density at radius 3 is 2.42 bits per heavy atom. The number of carbonyl (C=O) groups excluding carboxylic acids is 1. The zero-order valence-electron chi connectivity index (χ0n) is 13.7. The molecule has 0 saturated heterocycles. The van der Waals surface area contributed by atoms with Crippen LogP contribution in [0.5, 0.6) is 5.75 Å². The van der Waals surface area contributed by atoms with E-state index in [-0.39, 0.29) is 11.3 Å². The maximum Gasteiger partial charge on any atom is 0.260 e. The number of amides is 1. The molecule has 0 radical (unpaired) electrons. The van der Waals surface area contributed by atoms with Crippen LogP contribution in [0, 0.1) is 0 Å². The van der Waals surface area contributed by atoms with Gasteiger partial charge in [0.25, 0.3) is 5.91 Å². The second kappa shape index (κ2) is 8.53. The molecule has 2 aromatic rings. The minimum atomic E-state index is -0.432. The Balaban J connectivity index is 2.10. The topological polar surface area (TPSA) is 70.9 Å². The Kier molecular flexibility index (Phi) is 6.14. The van der Waals surface area contributed by atoms with E-state index in [2.05, 4.69) is 10.3 Å². The molecule has 0 aliphatic heterocycles. The van der Waals surface area contributed by atoms with Gasteiger partial charge in [0, 0.05) is 11.9 Å². The van der Waals surface area contributed by atoms with E-state index >= 15 is 0 Å². The normalized spacial score (nSPS) is 11.9. The molecule has 124 valence electrons. The lowest BCUT2D eigenvalue weighted by Gasteiger charge is -2.08. The maximum absolute atomic E-state index is 12.3. The van der Waals surface area contributed by atoms with Gasteiger partial charge in [-0.05, 0) is 50.2 Å². The highest BCUT2D eigenvalue weighted by atomic mass is 16.5. The van der Waals surface area contributed by atoms with Crippen molar-refractivity contribution in [1.82, 2.24) is 0 Å². The summed E-state index contributed by atoms with van der Waals surface area (Å²) in [5, 5.41) is 12.5. The van der Waals surface area contributed by atoms with E-state index in [4.69, 9.17) is 4.74 Å². The van der Waals surface area contributed by atoms with E-state index in [1.54, 1.807) is 24.3 Å². The van der Waals surface area contributed by atoms with Gasteiger partial charge in [-0.1, -0.05) is 18.2 Å². The summed E-state index contributed by atoms with van der Waals surface area (Å²) in [4.78, 5) is 16.5. The summed E-state index contributed by atoms with van der Waals surface area (Å²) < 4.78 is 5.36. The number of ether oxygens (including phenoxy) is 1. The fourth-order valence-corrected chi connectivity index (χ4v) is 1.97. The average molecular weight is 324 g/mol. The Bertz CT molecular complexity index is 731. The Morgan fingerprint density at radius 1 is 1.17 bits per heavy atom. The molecule has 1 amide bonds. The first-order chi connectivity index (χ1) is 11.6. The number of hydrogen-bond donors (Lipinski definition) is 2. The highest BCUT2D eigenvalue weighted by Crippen LogP contribution is 2.17. The monoisotopic (exact) mass is 324 g/mol. The summed E-state index contributed by atoms with van der Waals surface area (Å²) in [5.74, 6) is 0.201. The lowest BCUT2D eigenvalue weighted by atomic mass is 10.2. The summed E-state index contributed by atoms with van der Waals surface area (Å²) >= 11 is 0. The van der Waals surface area contributed by atoms with Gasteiger partial charge in [-0.15, -0.1) is 0 Å². The molecule has 5 nitrogen and oxygen atoms in total. The summed E-state index contributed by atoms with van der Waals surface area (Å²) in [7, 11) is 0. The largest absolute Gasteiger partial charge is 0.512 e. The number of aliphatic hydroxyl groups is 1. The number of anilines is 1. The van der Waals surface area contributed by atoms with Gasteiger partial charge in [-0.25, -0.2) is 0 Å². The molecule has 2 N–H and O–H groups in total. The molecule has 0 unspecified atom stereocenters. The van der Waals surface area contributed by atoms with Gasteiger partial charge in [-0.2, -0.15) is 0 Å². The Labute approximate surface area is 141 Å². The molecule has 24 heavy (non-hydrogen) atoms. The molecule has 0 aromatic heterocycles. The molecule has 0 spiro atoms. The van der Waals surface area contributed by atoms with E-state index in [1.807, 2.05) is 37.3 Å². The molecule has 2 rings (SSSR count). The fraction of sp³-hybridized carbons (Fsp3) is 0.158. The Morgan fingerprint density at radius 2 is 1.83 bits per heavy atom. The third-order valence-corrected chi connectivity index (χ3v) is 3.16. The van der Waals surface area contributed by atoms with E-state index < -0.39 is 5.91 Å². The molecular formula is C19H20N2O3. The highest BCUT2D eigenvalue weighted by Gasteiger charge is 2.11. The summed E-state index contributed by atoms with van der Waals surface area (Å²) in [5.41, 5.74) is 1.41. The Hall–Kier alpha value is -3.08. The van der Waals surface area contributed by atoms with Gasteiger partial charge < -0.3 is 15.2 Å². The number of nitrogens with one attached hydrogen (secondary N) is 1. The number of nitrogens with zero attached hydrogens (tertiary/aromatic N) is 1. The van der Waals surface area contributed by atoms with Crippen LogP contribution in [-0.2, 0) is 4.79 Å². The fourth-order valence-electron chi connectivity index (χ4n) is 1.97. The minimum absolute atomic E-state index is 0.0990. The molecule has 0 aliphatic rings. The second-order valence-electron chi connectivity index (χ2n) is 5.00. The van der Waals surface area contributed by atoms with Crippen molar-refractivity contribution in [1.29, 1.82) is 0 Å². The van der Waals surface area contributed by atoms with Crippen LogP contribution in [-0.4, -0.2) is 23.8 Å². The molecule has 5 heteroatoms. The summed E-state index contributed by atoms with van der Waals surface area (Å²) in [6, 6.07) is 16.2. The first-order valence-electron chi connectivity index (χ1n) is 7.63. The van der Waals surface area contributed by atoms with Crippen molar-refractivity contribution in [3.8, 4) is 5.75 Å². The van der Waals surface area contributed by atoms with Crippen LogP contribution in [0.4, 0.5) is 11.4 Å². The van der Waals surface area contributed by atoms with Crippen LogP contribution >= 0.6 is 0 Å². The lowest BCUT2D eigenvalue weighted by Crippen LogP contribution is -2.16. The van der Waals surface area contributed by atoms with Crippen LogP contribution in [0.25, 0.3) is 0 Å². The number of aliphatic imine (C=N–C) groups is 1. The van der Waals surface area contributed by atoms with Gasteiger partial charge in [0.05, 0.1) is 17.9 Å². The second-order valence-corrected chi connectivity index (χ2v) is 5.00. The number of allylic oxidation sites excluding steroid dienone is 1. The van der Waals surface area contributed by atoms with E-state index in [0.29, 0.717) is 18.0 Å². The standard InChI is InChI=1S/C19H20N2O3/c1-3-24-17-11-9-16(10-12-17)21-19(23)18(14(2)22)13-20-15-7-5-4-6-8-15/h4-13,22H,3H2,1-2H3,(H,21,23)/b18-14+,20-13?. The minimum Gasteiger partial charge on any atom is -0.512 e. The summed E-state index contributed by atoms with van der Waals surface area (Å²) in [6.45, 7) is 3.94. The van der Waals surface area contributed by atoms with Gasteiger partial charge >= 0.3 is 0 Å². The van der Waals surface area contributed by atoms with Crippen molar-refractivity contribution < 1.29 is 14.6 Å². The zero-order valence-corrected chi connectivity index (χ0v) is 13.7. The predicted octanol–water partition coefficient (Wildman–Crippen LogP) is 4.26. The van der Waals surface area contributed by atoms with Crippen LogP contribution in [0.2, 0.25) is 0 Å². The number of rotatable bonds is 6. The number of hydrogen-bond acceptors (Lipinski definition) is 4. The number of para-hydroxylation sites is 1. The number of benzene rings is 2. The molecule has 0 saturated carbocycles. The van der Waals surface area contributed by atoms with Gasteiger partial charge in [0.1, 0.15) is 11.5 Å². The first-order valence-corrected chi connectivity index (χ1v) is 7.63. The molecule has 2 aromatic carbocycles. The van der Waals surface area contributed by atoms with Crippen molar-refractivity contribution in [2.24, 2.45) is 4.99 Å². The molecule has 0 heterocycles. The molecule has 0 atom stereocenters. The maximum atomic E-state index is 12.3.